The second kappa shape index (κ2) is 7.43. The molecule has 0 spiro atoms. The van der Waals surface area contributed by atoms with Crippen molar-refractivity contribution >= 4 is 23.2 Å². The van der Waals surface area contributed by atoms with Crippen LogP contribution in [0.3, 0.4) is 0 Å². The minimum Gasteiger partial charge on any atom is -0.351 e. The van der Waals surface area contributed by atoms with Crippen molar-refractivity contribution in [3.63, 3.8) is 0 Å². The third kappa shape index (κ3) is 3.91. The summed E-state index contributed by atoms with van der Waals surface area (Å²) in [5, 5.41) is 6.62. The quantitative estimate of drug-likeness (QED) is 0.799. The van der Waals surface area contributed by atoms with E-state index in [0.717, 1.165) is 35.6 Å². The van der Waals surface area contributed by atoms with Gasteiger partial charge in [-0.25, -0.2) is 0 Å². The predicted octanol–water partition coefficient (Wildman–Crippen LogP) is 3.33. The maximum absolute atomic E-state index is 12.8. The molecule has 2 amide bonds. The number of amides is 2. The van der Waals surface area contributed by atoms with Crippen molar-refractivity contribution in [2.24, 2.45) is 5.92 Å². The van der Waals surface area contributed by atoms with E-state index in [9.17, 15) is 22.8 Å². The highest BCUT2D eigenvalue weighted by Gasteiger charge is 2.39. The molecular formula is C17H18F3N3O3S. The standard InChI is InChI=1S/C17H18F3N3O3S/c1-9-13(22-26-14(9)17(18,19)20)11-5-6-12(27-11)16(25)23(2)15(24)10-4-3-7-21-8-10/h5-6,10,21H,3-4,7-8H2,1-2H3/t10-/m0/s1. The van der Waals surface area contributed by atoms with Gasteiger partial charge in [-0.1, -0.05) is 5.16 Å². The Morgan fingerprint density at radius 1 is 1.37 bits per heavy atom. The number of rotatable bonds is 3. The number of thiophene rings is 1. The van der Waals surface area contributed by atoms with Crippen molar-refractivity contribution in [2.75, 3.05) is 20.1 Å². The average Bonchev–Trinajstić information content (AvgIpc) is 3.26. The summed E-state index contributed by atoms with van der Waals surface area (Å²) in [5.41, 5.74) is -0.0992. The molecule has 1 aliphatic heterocycles. The van der Waals surface area contributed by atoms with Crippen LogP contribution < -0.4 is 5.32 Å². The summed E-state index contributed by atoms with van der Waals surface area (Å²) in [6.45, 7) is 2.65. The molecular weight excluding hydrogens is 383 g/mol. The largest absolute Gasteiger partial charge is 0.452 e. The van der Waals surface area contributed by atoms with E-state index in [2.05, 4.69) is 15.0 Å². The molecule has 0 bridgehead atoms. The van der Waals surface area contributed by atoms with E-state index in [0.29, 0.717) is 11.4 Å². The van der Waals surface area contributed by atoms with Crippen molar-refractivity contribution in [3.8, 4) is 10.6 Å². The molecule has 10 heteroatoms. The zero-order chi connectivity index (χ0) is 19.8. The van der Waals surface area contributed by atoms with Crippen LogP contribution in [0, 0.1) is 12.8 Å². The number of carbonyl (C=O) groups is 2. The highest BCUT2D eigenvalue weighted by molar-refractivity contribution is 7.17. The van der Waals surface area contributed by atoms with E-state index in [1.54, 1.807) is 0 Å². The summed E-state index contributed by atoms with van der Waals surface area (Å²) in [7, 11) is 1.42. The van der Waals surface area contributed by atoms with Gasteiger partial charge in [0.15, 0.2) is 0 Å². The minimum atomic E-state index is -4.63. The maximum atomic E-state index is 12.8. The molecule has 0 radical (unpaired) electrons. The molecule has 27 heavy (non-hydrogen) atoms. The Bertz CT molecular complexity index is 853. The number of imide groups is 1. The zero-order valence-corrected chi connectivity index (χ0v) is 15.5. The van der Waals surface area contributed by atoms with Gasteiger partial charge in [0.1, 0.15) is 5.69 Å². The molecule has 2 aromatic rings. The van der Waals surface area contributed by atoms with Crippen LogP contribution in [0.5, 0.6) is 0 Å². The van der Waals surface area contributed by atoms with Crippen LogP contribution in [0.15, 0.2) is 16.7 Å². The third-order valence-electron chi connectivity index (χ3n) is 4.51. The Morgan fingerprint density at radius 3 is 2.70 bits per heavy atom. The lowest BCUT2D eigenvalue weighted by Crippen LogP contribution is -2.43. The number of hydrogen-bond donors (Lipinski definition) is 1. The number of halogens is 3. The van der Waals surface area contributed by atoms with Crippen LogP contribution in [0.25, 0.3) is 10.6 Å². The molecule has 146 valence electrons. The van der Waals surface area contributed by atoms with Gasteiger partial charge in [-0.05, 0) is 38.4 Å². The van der Waals surface area contributed by atoms with Gasteiger partial charge in [0.2, 0.25) is 11.7 Å². The fraction of sp³-hybridized carbons (Fsp3) is 0.471. The van der Waals surface area contributed by atoms with E-state index >= 15 is 0 Å². The minimum absolute atomic E-state index is 0.0387. The zero-order valence-electron chi connectivity index (χ0n) is 14.7. The van der Waals surface area contributed by atoms with Gasteiger partial charge in [0, 0.05) is 19.2 Å². The topological polar surface area (TPSA) is 75.4 Å². The molecule has 1 fully saturated rings. The first-order valence-corrected chi connectivity index (χ1v) is 9.18. The van der Waals surface area contributed by atoms with Gasteiger partial charge in [0.05, 0.1) is 15.7 Å². The molecule has 0 saturated carbocycles. The van der Waals surface area contributed by atoms with Crippen LogP contribution in [-0.2, 0) is 11.0 Å². The van der Waals surface area contributed by atoms with Crippen molar-refractivity contribution in [2.45, 2.75) is 25.9 Å². The van der Waals surface area contributed by atoms with Crippen LogP contribution in [0.1, 0.15) is 33.8 Å². The number of aromatic nitrogens is 1. The SMILES string of the molecule is Cc1c(-c2ccc(C(=O)N(C)C(=O)[C@H]3CCCNC3)s2)noc1C(F)(F)F. The molecule has 1 saturated heterocycles. The summed E-state index contributed by atoms with van der Waals surface area (Å²) >= 11 is 0.976. The van der Waals surface area contributed by atoms with E-state index in [1.807, 2.05) is 0 Å². The predicted molar refractivity (Wildman–Crippen MR) is 92.2 cm³/mol. The first-order valence-electron chi connectivity index (χ1n) is 8.36. The molecule has 1 atom stereocenters. The summed E-state index contributed by atoms with van der Waals surface area (Å²) in [6, 6.07) is 2.98. The average molecular weight is 401 g/mol. The fourth-order valence-electron chi connectivity index (χ4n) is 3.01. The molecule has 0 aliphatic carbocycles. The smallest absolute Gasteiger partial charge is 0.351 e. The first kappa shape index (κ1) is 19.6. The Labute approximate surface area is 157 Å². The van der Waals surface area contributed by atoms with E-state index in [4.69, 9.17) is 0 Å². The highest BCUT2D eigenvalue weighted by atomic mass is 32.1. The number of carbonyl (C=O) groups excluding carboxylic acids is 2. The highest BCUT2D eigenvalue weighted by Crippen LogP contribution is 2.38. The van der Waals surface area contributed by atoms with E-state index < -0.39 is 17.8 Å². The lowest BCUT2D eigenvalue weighted by Gasteiger charge is -2.25. The number of nitrogens with zero attached hydrogens (tertiary/aromatic N) is 2. The fourth-order valence-corrected chi connectivity index (χ4v) is 4.03. The van der Waals surface area contributed by atoms with Crippen LogP contribution in [0.4, 0.5) is 13.2 Å². The second-order valence-electron chi connectivity index (χ2n) is 6.39. The van der Waals surface area contributed by atoms with Gasteiger partial charge in [0.25, 0.3) is 5.91 Å². The van der Waals surface area contributed by atoms with Crippen LogP contribution in [-0.4, -0.2) is 42.0 Å². The Kier molecular flexibility index (Phi) is 5.38. The van der Waals surface area contributed by atoms with Crippen molar-refractivity contribution in [3.05, 3.63) is 28.3 Å². The van der Waals surface area contributed by atoms with Gasteiger partial charge >= 0.3 is 6.18 Å². The second-order valence-corrected chi connectivity index (χ2v) is 7.48. The molecule has 2 aromatic heterocycles. The molecule has 0 aromatic carbocycles. The number of nitrogens with one attached hydrogen (secondary N) is 1. The van der Waals surface area contributed by atoms with Crippen LogP contribution in [0.2, 0.25) is 0 Å². The Morgan fingerprint density at radius 2 is 2.11 bits per heavy atom. The molecule has 3 rings (SSSR count). The van der Waals surface area contributed by atoms with Gasteiger partial charge < -0.3 is 9.84 Å². The number of alkyl halides is 3. The summed E-state index contributed by atoms with van der Waals surface area (Å²) in [4.78, 5) is 26.8. The molecule has 3 heterocycles. The number of piperidine rings is 1. The summed E-state index contributed by atoms with van der Waals surface area (Å²) < 4.78 is 43.0. The summed E-state index contributed by atoms with van der Waals surface area (Å²) in [6.07, 6.45) is -3.04. The van der Waals surface area contributed by atoms with Gasteiger partial charge in [-0.2, -0.15) is 13.2 Å². The number of hydrogen-bond acceptors (Lipinski definition) is 6. The monoisotopic (exact) mass is 401 g/mol. The molecule has 6 nitrogen and oxygen atoms in total. The Hall–Kier alpha value is -2.20. The van der Waals surface area contributed by atoms with Crippen molar-refractivity contribution in [1.29, 1.82) is 0 Å². The summed E-state index contributed by atoms with van der Waals surface area (Å²) in [5.74, 6) is -2.16. The van der Waals surface area contributed by atoms with Crippen molar-refractivity contribution in [1.82, 2.24) is 15.4 Å². The maximum Gasteiger partial charge on any atom is 0.452 e. The molecule has 1 aliphatic rings. The Balaban J connectivity index is 1.78. The van der Waals surface area contributed by atoms with Gasteiger partial charge in [-0.15, -0.1) is 11.3 Å². The van der Waals surface area contributed by atoms with E-state index in [1.165, 1.54) is 26.1 Å². The van der Waals surface area contributed by atoms with E-state index in [-0.39, 0.29) is 28.0 Å². The first-order chi connectivity index (χ1) is 12.7. The normalized spacial score (nSPS) is 17.7. The lowest BCUT2D eigenvalue weighted by atomic mass is 9.98. The molecule has 1 N–H and O–H groups in total. The van der Waals surface area contributed by atoms with Gasteiger partial charge in [-0.3, -0.25) is 14.5 Å². The molecule has 0 unspecified atom stereocenters. The van der Waals surface area contributed by atoms with Crippen LogP contribution >= 0.6 is 11.3 Å². The van der Waals surface area contributed by atoms with Crippen molar-refractivity contribution < 1.29 is 27.3 Å². The third-order valence-corrected chi connectivity index (χ3v) is 5.59. The lowest BCUT2D eigenvalue weighted by molar-refractivity contribution is -0.156.